The van der Waals surface area contributed by atoms with Gasteiger partial charge in [-0.2, -0.15) is 0 Å². The molecule has 13 nitrogen and oxygen atoms in total. The van der Waals surface area contributed by atoms with Crippen LogP contribution < -0.4 is 0 Å². The second-order valence-electron chi connectivity index (χ2n) is 14.5. The maximum Gasteiger partial charge on any atom is 0.472 e. The number of aliphatic hydroxyl groups is 5. The van der Waals surface area contributed by atoms with Crippen molar-refractivity contribution in [2.75, 3.05) is 13.2 Å². The summed E-state index contributed by atoms with van der Waals surface area (Å²) >= 11 is 0. The Labute approximate surface area is 318 Å². The van der Waals surface area contributed by atoms with E-state index >= 15 is 0 Å². The van der Waals surface area contributed by atoms with E-state index in [9.17, 15) is 44.6 Å². The highest BCUT2D eigenvalue weighted by Crippen LogP contribution is 2.47. The van der Waals surface area contributed by atoms with Gasteiger partial charge in [-0.15, -0.1) is 0 Å². The molecule has 0 aromatic rings. The second-order valence-corrected chi connectivity index (χ2v) is 15.9. The Hall–Kier alpha value is -1.41. The third-order valence-corrected chi connectivity index (χ3v) is 10.6. The molecule has 8 atom stereocenters. The van der Waals surface area contributed by atoms with Crippen molar-refractivity contribution >= 4 is 19.8 Å². The molecule has 14 heteroatoms. The molecule has 0 aromatic heterocycles. The van der Waals surface area contributed by atoms with Gasteiger partial charge in [0.15, 0.2) is 6.10 Å². The summed E-state index contributed by atoms with van der Waals surface area (Å²) in [7, 11) is -5.11. The second kappa shape index (κ2) is 30.8. The van der Waals surface area contributed by atoms with Crippen LogP contribution in [0, 0.1) is 0 Å². The number of phosphoric ester groups is 1. The zero-order valence-corrected chi connectivity index (χ0v) is 33.5. The molecule has 1 aliphatic rings. The molecular formula is C39H73O13P. The summed E-state index contributed by atoms with van der Waals surface area (Å²) in [6, 6.07) is 0. The standard InChI is InChI=1S/C39H73O13P/c1-3-5-7-9-11-13-14-15-16-17-18-20-21-23-25-27-32(40)49-29-31(51-33(41)28-26-24-22-19-12-10-8-6-4-2)30-50-53(47,48)52-39-37(45)35(43)34(42)36(44)38(39)46/h21,23,31,34-39,42-46H,3-20,22,24-30H2,1-2H3,(H,47,48)/b23-21+/t31-,34?,35-,36?,37?,38?,39?/m0/s1. The van der Waals surface area contributed by atoms with Crippen molar-refractivity contribution in [2.24, 2.45) is 0 Å². The van der Waals surface area contributed by atoms with Gasteiger partial charge in [-0.25, -0.2) is 4.57 Å². The van der Waals surface area contributed by atoms with Gasteiger partial charge >= 0.3 is 19.8 Å². The van der Waals surface area contributed by atoms with Gasteiger partial charge in [0, 0.05) is 12.8 Å². The third-order valence-electron chi connectivity index (χ3n) is 9.62. The van der Waals surface area contributed by atoms with E-state index in [1.54, 1.807) is 0 Å². The molecule has 0 aliphatic heterocycles. The fourth-order valence-electron chi connectivity index (χ4n) is 6.25. The Morgan fingerprint density at radius 3 is 1.51 bits per heavy atom. The molecule has 312 valence electrons. The molecule has 6 N–H and O–H groups in total. The summed E-state index contributed by atoms with van der Waals surface area (Å²) < 4.78 is 33.3. The van der Waals surface area contributed by atoms with Gasteiger partial charge in [0.05, 0.1) is 6.61 Å². The van der Waals surface area contributed by atoms with Crippen LogP contribution in [0.25, 0.3) is 0 Å². The maximum absolute atomic E-state index is 12.7. The maximum atomic E-state index is 12.7. The van der Waals surface area contributed by atoms with Crippen molar-refractivity contribution in [1.82, 2.24) is 0 Å². The van der Waals surface area contributed by atoms with Crippen molar-refractivity contribution in [3.05, 3.63) is 12.2 Å². The molecule has 1 fully saturated rings. The number of carbonyl (C=O) groups excluding carboxylic acids is 2. The summed E-state index contributed by atoms with van der Waals surface area (Å²) in [5, 5.41) is 49.9. The van der Waals surface area contributed by atoms with Crippen LogP contribution in [0.2, 0.25) is 0 Å². The normalized spacial score (nSPS) is 23.5. The number of unbranched alkanes of at least 4 members (excludes halogenated alkanes) is 19. The highest BCUT2D eigenvalue weighted by atomic mass is 31.2. The number of allylic oxidation sites excluding steroid dienone is 2. The molecule has 0 aromatic carbocycles. The van der Waals surface area contributed by atoms with Gasteiger partial charge in [0.1, 0.15) is 43.2 Å². The van der Waals surface area contributed by atoms with Gasteiger partial charge in [-0.05, 0) is 25.7 Å². The minimum absolute atomic E-state index is 0.0876. The number of rotatable bonds is 33. The van der Waals surface area contributed by atoms with Crippen molar-refractivity contribution < 1.29 is 63.1 Å². The Kier molecular flexibility index (Phi) is 28.8. The summed E-state index contributed by atoms with van der Waals surface area (Å²) in [6.45, 7) is 3.21. The highest BCUT2D eigenvalue weighted by molar-refractivity contribution is 7.47. The lowest BCUT2D eigenvalue weighted by atomic mass is 9.85. The average molecular weight is 781 g/mol. The summed E-state index contributed by atoms with van der Waals surface area (Å²) in [6.07, 6.45) is 16.0. The van der Waals surface area contributed by atoms with Crippen molar-refractivity contribution in [3.8, 4) is 0 Å². The molecule has 1 saturated carbocycles. The number of ether oxygens (including phenoxy) is 2. The van der Waals surface area contributed by atoms with E-state index in [0.29, 0.717) is 12.8 Å². The van der Waals surface area contributed by atoms with Crippen molar-refractivity contribution in [3.63, 3.8) is 0 Å². The Morgan fingerprint density at radius 2 is 1.00 bits per heavy atom. The average Bonchev–Trinajstić information content (AvgIpc) is 3.13. The lowest BCUT2D eigenvalue weighted by Gasteiger charge is -2.41. The summed E-state index contributed by atoms with van der Waals surface area (Å²) in [5.74, 6) is -1.15. The number of phosphoric acid groups is 1. The van der Waals surface area contributed by atoms with Crippen molar-refractivity contribution in [1.29, 1.82) is 0 Å². The van der Waals surface area contributed by atoms with Crippen molar-refractivity contribution in [2.45, 2.75) is 211 Å². The summed E-state index contributed by atoms with van der Waals surface area (Å²) in [5.41, 5.74) is 0. The first-order valence-corrected chi connectivity index (χ1v) is 22.0. The van der Waals surface area contributed by atoms with Crippen LogP contribution in [0.4, 0.5) is 0 Å². The zero-order chi connectivity index (χ0) is 39.3. The van der Waals surface area contributed by atoms with E-state index in [1.807, 2.05) is 6.08 Å². The fraction of sp³-hybridized carbons (Fsp3) is 0.897. The minimum Gasteiger partial charge on any atom is -0.462 e. The Bertz CT molecular complexity index is 996. The molecule has 0 saturated heterocycles. The molecule has 6 unspecified atom stereocenters. The summed E-state index contributed by atoms with van der Waals surface area (Å²) in [4.78, 5) is 35.4. The fourth-order valence-corrected chi connectivity index (χ4v) is 7.22. The van der Waals surface area contributed by atoms with E-state index in [0.717, 1.165) is 38.5 Å². The predicted octanol–water partition coefficient (Wildman–Crippen LogP) is 6.72. The van der Waals surface area contributed by atoms with Gasteiger partial charge in [-0.1, -0.05) is 142 Å². The van der Waals surface area contributed by atoms with E-state index in [1.165, 1.54) is 89.9 Å². The monoisotopic (exact) mass is 780 g/mol. The largest absolute Gasteiger partial charge is 0.472 e. The van der Waals surface area contributed by atoms with E-state index in [-0.39, 0.29) is 12.8 Å². The molecule has 0 bridgehead atoms. The van der Waals surface area contributed by atoms with Crippen LogP contribution in [-0.2, 0) is 32.7 Å². The predicted molar refractivity (Wildman–Crippen MR) is 203 cm³/mol. The van der Waals surface area contributed by atoms with Crippen LogP contribution in [0.1, 0.15) is 168 Å². The lowest BCUT2D eigenvalue weighted by molar-refractivity contribution is -0.220. The molecular weight excluding hydrogens is 707 g/mol. The number of esters is 2. The number of hydrogen-bond acceptors (Lipinski definition) is 12. The van der Waals surface area contributed by atoms with Gasteiger partial charge < -0.3 is 39.9 Å². The van der Waals surface area contributed by atoms with Gasteiger partial charge in [0.25, 0.3) is 0 Å². The first-order valence-electron chi connectivity index (χ1n) is 20.5. The molecule has 0 radical (unpaired) electrons. The molecule has 53 heavy (non-hydrogen) atoms. The smallest absolute Gasteiger partial charge is 0.462 e. The number of hydrogen-bond donors (Lipinski definition) is 6. The molecule has 1 aliphatic carbocycles. The lowest BCUT2D eigenvalue weighted by Crippen LogP contribution is -2.64. The van der Waals surface area contributed by atoms with E-state index in [4.69, 9.17) is 18.5 Å². The van der Waals surface area contributed by atoms with Crippen LogP contribution in [0.5, 0.6) is 0 Å². The Balaban J connectivity index is 2.51. The molecule has 0 spiro atoms. The van der Waals surface area contributed by atoms with Crippen LogP contribution >= 0.6 is 7.82 Å². The highest BCUT2D eigenvalue weighted by Gasteiger charge is 2.51. The zero-order valence-electron chi connectivity index (χ0n) is 32.6. The number of carbonyl (C=O) groups is 2. The minimum atomic E-state index is -5.11. The van der Waals surface area contributed by atoms with E-state index in [2.05, 4.69) is 19.9 Å². The number of aliphatic hydroxyl groups excluding tert-OH is 5. The molecule has 0 heterocycles. The third kappa shape index (κ3) is 24.0. The van der Waals surface area contributed by atoms with Crippen LogP contribution in [0.15, 0.2) is 12.2 Å². The van der Waals surface area contributed by atoms with Crippen LogP contribution in [-0.4, -0.2) is 98.3 Å². The van der Waals surface area contributed by atoms with Gasteiger partial charge in [0.2, 0.25) is 0 Å². The quantitative estimate of drug-likeness (QED) is 0.0177. The molecule has 1 rings (SSSR count). The first kappa shape index (κ1) is 49.6. The SMILES string of the molecule is CCCCCCCCCCCCC/C=C/CCC(=O)OC[C@@H](COP(=O)(O)OC1C(O)C(O)C(O)[C@H](O)C1O)OC(=O)CCCCCCCCCCC. The first-order chi connectivity index (χ1) is 25.4. The Morgan fingerprint density at radius 1 is 0.566 bits per heavy atom. The topological polar surface area (TPSA) is 210 Å². The molecule has 0 amide bonds. The van der Waals surface area contributed by atoms with Crippen LogP contribution in [0.3, 0.4) is 0 Å². The van der Waals surface area contributed by atoms with Gasteiger partial charge in [-0.3, -0.25) is 18.6 Å². The van der Waals surface area contributed by atoms with E-state index < -0.39 is 75.7 Å².